The van der Waals surface area contributed by atoms with Crippen LogP contribution in [0.2, 0.25) is 5.02 Å². The van der Waals surface area contributed by atoms with Gasteiger partial charge in [-0.05, 0) is 82.2 Å². The molecular weight excluding hydrogens is 623 g/mol. The summed E-state index contributed by atoms with van der Waals surface area (Å²) in [7, 11) is 0. The second-order valence-corrected chi connectivity index (χ2v) is 10.9. The van der Waals surface area contributed by atoms with E-state index in [0.717, 1.165) is 26.1 Å². The molecule has 0 bridgehead atoms. The van der Waals surface area contributed by atoms with Crippen LogP contribution in [0.3, 0.4) is 0 Å². The number of hydrogen-bond donors (Lipinski definition) is 3. The SMILES string of the molecule is O=c1c2cc(I)ccc2nc(Cc2ccccc2Nc2ccccc2)n1NC1=NNC(c2ccc(Cl)cc2)C1. The van der Waals surface area contributed by atoms with Crippen molar-refractivity contribution in [3.8, 4) is 0 Å². The predicted molar refractivity (Wildman–Crippen MR) is 166 cm³/mol. The Morgan fingerprint density at radius 3 is 2.56 bits per heavy atom. The van der Waals surface area contributed by atoms with E-state index < -0.39 is 0 Å². The number of hydrazone groups is 1. The van der Waals surface area contributed by atoms with Gasteiger partial charge in [0.2, 0.25) is 0 Å². The summed E-state index contributed by atoms with van der Waals surface area (Å²) in [6, 6.07) is 31.5. The van der Waals surface area contributed by atoms with Gasteiger partial charge in [0.15, 0.2) is 0 Å². The molecule has 1 aliphatic rings. The van der Waals surface area contributed by atoms with Crippen LogP contribution in [0.1, 0.15) is 29.4 Å². The third-order valence-electron chi connectivity index (χ3n) is 6.58. The molecule has 1 aromatic heterocycles. The molecule has 0 amide bonds. The summed E-state index contributed by atoms with van der Waals surface area (Å²) in [4.78, 5) is 18.7. The fourth-order valence-electron chi connectivity index (χ4n) is 4.61. The van der Waals surface area contributed by atoms with Gasteiger partial charge in [-0.3, -0.25) is 10.2 Å². The van der Waals surface area contributed by atoms with Gasteiger partial charge < -0.3 is 10.7 Å². The standard InChI is InChI=1S/C30H24ClIN6O/c31-21-12-10-19(11-13-21)27-18-28(36-35-27)37-38-29(34-26-15-14-22(32)17-24(26)30(38)39)16-20-6-4-5-9-25(20)33-23-7-2-1-3-8-23/h1-15,17,27,33,35H,16,18H2,(H,36,37). The predicted octanol–water partition coefficient (Wildman–Crippen LogP) is 6.58. The fraction of sp³-hybridized carbons (Fsp3) is 0.100. The second-order valence-electron chi connectivity index (χ2n) is 9.26. The van der Waals surface area contributed by atoms with E-state index in [9.17, 15) is 4.79 Å². The number of hydrogen-bond acceptors (Lipinski definition) is 6. The van der Waals surface area contributed by atoms with Crippen LogP contribution in [0.15, 0.2) is 107 Å². The van der Waals surface area contributed by atoms with E-state index in [4.69, 9.17) is 16.6 Å². The number of benzene rings is 4. The summed E-state index contributed by atoms with van der Waals surface area (Å²) in [6.07, 6.45) is 1.02. The van der Waals surface area contributed by atoms with Gasteiger partial charge >= 0.3 is 0 Å². The molecule has 9 heteroatoms. The maximum absolute atomic E-state index is 13.8. The molecule has 6 rings (SSSR count). The Kier molecular flexibility index (Phi) is 7.21. The molecule has 0 fully saturated rings. The van der Waals surface area contributed by atoms with E-state index in [1.807, 2.05) is 97.1 Å². The van der Waals surface area contributed by atoms with Crippen molar-refractivity contribution in [3.05, 3.63) is 133 Å². The van der Waals surface area contributed by atoms with Gasteiger partial charge in [0.05, 0.1) is 16.9 Å². The minimum Gasteiger partial charge on any atom is -0.355 e. The lowest BCUT2D eigenvalue weighted by molar-refractivity contribution is 0.620. The molecule has 1 atom stereocenters. The molecule has 194 valence electrons. The van der Waals surface area contributed by atoms with Crippen molar-refractivity contribution >= 4 is 62.3 Å². The number of halogens is 2. The van der Waals surface area contributed by atoms with E-state index in [0.29, 0.717) is 40.4 Å². The Balaban J connectivity index is 1.35. The summed E-state index contributed by atoms with van der Waals surface area (Å²) in [5.41, 5.74) is 11.0. The van der Waals surface area contributed by atoms with Crippen LogP contribution in [-0.4, -0.2) is 15.5 Å². The number of aromatic nitrogens is 2. The molecule has 0 spiro atoms. The average Bonchev–Trinajstić information content (AvgIpc) is 3.42. The molecule has 3 N–H and O–H groups in total. The first-order valence-electron chi connectivity index (χ1n) is 12.5. The number of nitrogens with zero attached hydrogens (tertiary/aromatic N) is 3. The number of rotatable bonds is 6. The van der Waals surface area contributed by atoms with Crippen molar-refractivity contribution in [2.45, 2.75) is 18.9 Å². The summed E-state index contributed by atoms with van der Waals surface area (Å²) in [6.45, 7) is 0. The summed E-state index contributed by atoms with van der Waals surface area (Å²) in [5, 5.41) is 9.22. The van der Waals surface area contributed by atoms with Crippen LogP contribution in [-0.2, 0) is 6.42 Å². The van der Waals surface area contributed by atoms with E-state index in [2.05, 4.69) is 43.9 Å². The van der Waals surface area contributed by atoms with E-state index in [-0.39, 0.29) is 11.6 Å². The first-order valence-corrected chi connectivity index (χ1v) is 13.9. The molecule has 5 aromatic rings. The first-order chi connectivity index (χ1) is 19.0. The van der Waals surface area contributed by atoms with Gasteiger partial charge in [-0.15, -0.1) is 0 Å². The molecule has 0 saturated carbocycles. The van der Waals surface area contributed by atoms with E-state index >= 15 is 0 Å². The van der Waals surface area contributed by atoms with Crippen molar-refractivity contribution in [1.29, 1.82) is 0 Å². The van der Waals surface area contributed by atoms with Crippen LogP contribution < -0.4 is 21.7 Å². The van der Waals surface area contributed by atoms with Crippen LogP contribution in [0.25, 0.3) is 10.9 Å². The second kappa shape index (κ2) is 11.1. The number of nitrogens with one attached hydrogen (secondary N) is 3. The number of amidine groups is 1. The fourth-order valence-corrected chi connectivity index (χ4v) is 5.23. The normalized spacial score (nSPS) is 14.6. The molecule has 4 aromatic carbocycles. The van der Waals surface area contributed by atoms with Gasteiger partial charge in [-0.2, -0.15) is 5.10 Å². The Bertz CT molecular complexity index is 1740. The highest BCUT2D eigenvalue weighted by Crippen LogP contribution is 2.25. The number of para-hydroxylation sites is 2. The Morgan fingerprint density at radius 2 is 1.74 bits per heavy atom. The minimum atomic E-state index is -0.167. The molecular formula is C30H24ClIN6O. The molecule has 7 nitrogen and oxygen atoms in total. The molecule has 1 aliphatic heterocycles. The van der Waals surface area contributed by atoms with Crippen molar-refractivity contribution in [1.82, 2.24) is 15.1 Å². The molecule has 0 saturated heterocycles. The Morgan fingerprint density at radius 1 is 0.974 bits per heavy atom. The van der Waals surface area contributed by atoms with Gasteiger partial charge in [0.1, 0.15) is 11.7 Å². The third-order valence-corrected chi connectivity index (χ3v) is 7.51. The monoisotopic (exact) mass is 646 g/mol. The zero-order chi connectivity index (χ0) is 26.8. The molecule has 1 unspecified atom stereocenters. The van der Waals surface area contributed by atoms with Crippen molar-refractivity contribution < 1.29 is 0 Å². The van der Waals surface area contributed by atoms with E-state index in [1.165, 1.54) is 4.68 Å². The van der Waals surface area contributed by atoms with Crippen molar-refractivity contribution in [2.24, 2.45) is 5.10 Å². The van der Waals surface area contributed by atoms with Crippen molar-refractivity contribution in [3.63, 3.8) is 0 Å². The van der Waals surface area contributed by atoms with Crippen LogP contribution >= 0.6 is 34.2 Å². The van der Waals surface area contributed by atoms with Crippen LogP contribution in [0.5, 0.6) is 0 Å². The number of anilines is 2. The molecule has 0 radical (unpaired) electrons. The zero-order valence-electron chi connectivity index (χ0n) is 20.7. The van der Waals surface area contributed by atoms with Gasteiger partial charge in [-0.25, -0.2) is 9.66 Å². The quantitative estimate of drug-likeness (QED) is 0.182. The third kappa shape index (κ3) is 5.62. The summed E-state index contributed by atoms with van der Waals surface area (Å²) < 4.78 is 2.50. The molecule has 0 aliphatic carbocycles. The van der Waals surface area contributed by atoms with Crippen molar-refractivity contribution in [2.75, 3.05) is 10.7 Å². The van der Waals surface area contributed by atoms with Gasteiger partial charge in [0, 0.05) is 32.8 Å². The lowest BCUT2D eigenvalue weighted by Gasteiger charge is -2.17. The maximum Gasteiger partial charge on any atom is 0.280 e. The van der Waals surface area contributed by atoms with Gasteiger partial charge in [-0.1, -0.05) is 60.1 Å². The van der Waals surface area contributed by atoms with Crippen LogP contribution in [0, 0.1) is 3.57 Å². The maximum atomic E-state index is 13.8. The van der Waals surface area contributed by atoms with E-state index in [1.54, 1.807) is 0 Å². The largest absolute Gasteiger partial charge is 0.355 e. The average molecular weight is 647 g/mol. The Labute approximate surface area is 244 Å². The topological polar surface area (TPSA) is 83.3 Å². The smallest absolute Gasteiger partial charge is 0.280 e. The highest BCUT2D eigenvalue weighted by Gasteiger charge is 2.22. The Hall–Kier alpha value is -3.89. The highest BCUT2D eigenvalue weighted by atomic mass is 127. The zero-order valence-corrected chi connectivity index (χ0v) is 23.6. The first kappa shape index (κ1) is 25.4. The minimum absolute atomic E-state index is 0.0194. The van der Waals surface area contributed by atoms with Crippen LogP contribution in [0.4, 0.5) is 11.4 Å². The highest BCUT2D eigenvalue weighted by molar-refractivity contribution is 14.1. The molecule has 2 heterocycles. The lowest BCUT2D eigenvalue weighted by atomic mass is 10.1. The summed E-state index contributed by atoms with van der Waals surface area (Å²) in [5.74, 6) is 1.24. The number of fused-ring (bicyclic) bond motifs is 1. The summed E-state index contributed by atoms with van der Waals surface area (Å²) >= 11 is 8.27. The molecule has 39 heavy (non-hydrogen) atoms. The lowest BCUT2D eigenvalue weighted by Crippen LogP contribution is -2.36. The van der Waals surface area contributed by atoms with Gasteiger partial charge in [0.25, 0.3) is 5.56 Å².